The highest BCUT2D eigenvalue weighted by atomic mass is 16.5. The first kappa shape index (κ1) is 11.9. The molecule has 0 amide bonds. The summed E-state index contributed by atoms with van der Waals surface area (Å²) in [6, 6.07) is 0. The molecule has 0 fully saturated rings. The summed E-state index contributed by atoms with van der Waals surface area (Å²) in [6.07, 6.45) is 2.35. The first-order valence-corrected chi connectivity index (χ1v) is 4.52. The van der Waals surface area contributed by atoms with Crippen molar-refractivity contribution in [2.75, 3.05) is 27.4 Å². The highest BCUT2D eigenvalue weighted by Gasteiger charge is 2.09. The predicted molar refractivity (Wildman–Crippen MR) is 51.1 cm³/mol. The minimum absolute atomic E-state index is 0.737. The molecule has 2 nitrogen and oxygen atoms in total. The van der Waals surface area contributed by atoms with E-state index in [0.29, 0.717) is 0 Å². The number of hydrogen-bond donors (Lipinski definition) is 0. The summed E-state index contributed by atoms with van der Waals surface area (Å²) in [5, 5.41) is 0. The largest absolute Gasteiger partial charge is 0.384 e. The molecule has 0 bridgehead atoms. The van der Waals surface area contributed by atoms with Crippen LogP contribution >= 0.6 is 0 Å². The molecule has 0 aromatic carbocycles. The Kier molecular flexibility index (Phi) is 7.51. The van der Waals surface area contributed by atoms with E-state index in [1.807, 2.05) is 0 Å². The Morgan fingerprint density at radius 2 is 1.58 bits per heavy atom. The van der Waals surface area contributed by atoms with E-state index in [9.17, 15) is 0 Å². The van der Waals surface area contributed by atoms with Crippen LogP contribution in [0.2, 0.25) is 0 Å². The van der Waals surface area contributed by atoms with Gasteiger partial charge in [0.2, 0.25) is 0 Å². The van der Waals surface area contributed by atoms with Crippen molar-refractivity contribution in [3.63, 3.8) is 0 Å². The van der Waals surface area contributed by atoms with Crippen molar-refractivity contribution in [3.05, 3.63) is 5.92 Å². The number of ether oxygens (including phenoxy) is 2. The third-order valence-corrected chi connectivity index (χ3v) is 1.77. The van der Waals surface area contributed by atoms with Gasteiger partial charge in [0.05, 0.1) is 13.2 Å². The molecule has 0 rings (SSSR count). The van der Waals surface area contributed by atoms with Crippen LogP contribution in [-0.4, -0.2) is 27.4 Å². The molecule has 0 N–H and O–H groups in total. The predicted octanol–water partition coefficient (Wildman–Crippen LogP) is 2.29. The van der Waals surface area contributed by atoms with E-state index >= 15 is 0 Å². The second kappa shape index (κ2) is 7.56. The van der Waals surface area contributed by atoms with Gasteiger partial charge in [0.25, 0.3) is 0 Å². The van der Waals surface area contributed by atoms with E-state index in [4.69, 9.17) is 9.47 Å². The number of hydrogen-bond acceptors (Lipinski definition) is 2. The van der Waals surface area contributed by atoms with Crippen LogP contribution in [0.25, 0.3) is 0 Å². The monoisotopic (exact) mass is 173 g/mol. The van der Waals surface area contributed by atoms with Gasteiger partial charge in [-0.2, -0.15) is 0 Å². The van der Waals surface area contributed by atoms with Crippen LogP contribution in [0.4, 0.5) is 0 Å². The Labute approximate surface area is 76.3 Å². The molecule has 0 aromatic heterocycles. The molecule has 0 unspecified atom stereocenters. The molecule has 0 aliphatic carbocycles. The lowest BCUT2D eigenvalue weighted by Gasteiger charge is -2.15. The van der Waals surface area contributed by atoms with Gasteiger partial charge in [-0.1, -0.05) is 20.3 Å². The SMILES string of the molecule is COC[C](CCC(C)C)COC. The van der Waals surface area contributed by atoms with E-state index in [2.05, 4.69) is 13.8 Å². The first-order valence-electron chi connectivity index (χ1n) is 4.52. The fourth-order valence-corrected chi connectivity index (χ4v) is 1.09. The van der Waals surface area contributed by atoms with Crippen LogP contribution in [0.1, 0.15) is 26.7 Å². The summed E-state index contributed by atoms with van der Waals surface area (Å²) < 4.78 is 10.1. The van der Waals surface area contributed by atoms with Crippen molar-refractivity contribution in [1.29, 1.82) is 0 Å². The molecule has 0 saturated carbocycles. The van der Waals surface area contributed by atoms with Crippen LogP contribution in [0.15, 0.2) is 0 Å². The van der Waals surface area contributed by atoms with E-state index in [0.717, 1.165) is 25.6 Å². The fourth-order valence-electron chi connectivity index (χ4n) is 1.09. The van der Waals surface area contributed by atoms with E-state index in [1.165, 1.54) is 12.3 Å². The summed E-state index contributed by atoms with van der Waals surface area (Å²) >= 11 is 0. The molecular weight excluding hydrogens is 152 g/mol. The highest BCUT2D eigenvalue weighted by Crippen LogP contribution is 2.14. The summed E-state index contributed by atoms with van der Waals surface area (Å²) in [6.45, 7) is 5.94. The van der Waals surface area contributed by atoms with E-state index < -0.39 is 0 Å². The lowest BCUT2D eigenvalue weighted by molar-refractivity contribution is 0.150. The number of rotatable bonds is 7. The molecule has 0 atom stereocenters. The second-order valence-electron chi connectivity index (χ2n) is 3.55. The van der Waals surface area contributed by atoms with E-state index in [1.54, 1.807) is 14.2 Å². The second-order valence-corrected chi connectivity index (χ2v) is 3.55. The van der Waals surface area contributed by atoms with Crippen molar-refractivity contribution < 1.29 is 9.47 Å². The molecule has 0 heterocycles. The van der Waals surface area contributed by atoms with Crippen LogP contribution in [0.3, 0.4) is 0 Å². The maximum absolute atomic E-state index is 5.07. The van der Waals surface area contributed by atoms with Gasteiger partial charge in [-0.3, -0.25) is 0 Å². The Bertz CT molecular complexity index is 85.8. The van der Waals surface area contributed by atoms with Crippen molar-refractivity contribution in [2.24, 2.45) is 5.92 Å². The fraction of sp³-hybridized carbons (Fsp3) is 0.900. The van der Waals surface area contributed by atoms with E-state index in [-0.39, 0.29) is 0 Å². The molecule has 73 valence electrons. The van der Waals surface area contributed by atoms with Crippen LogP contribution in [0, 0.1) is 11.8 Å². The Morgan fingerprint density at radius 3 is 1.92 bits per heavy atom. The molecule has 0 saturated heterocycles. The average Bonchev–Trinajstić information content (AvgIpc) is 2.01. The first-order chi connectivity index (χ1) is 5.70. The topological polar surface area (TPSA) is 18.5 Å². The molecular formula is C10H21O2. The van der Waals surface area contributed by atoms with Crippen molar-refractivity contribution >= 4 is 0 Å². The lowest BCUT2D eigenvalue weighted by atomic mass is 9.99. The zero-order chi connectivity index (χ0) is 9.40. The van der Waals surface area contributed by atoms with Crippen molar-refractivity contribution in [1.82, 2.24) is 0 Å². The minimum Gasteiger partial charge on any atom is -0.384 e. The third-order valence-electron chi connectivity index (χ3n) is 1.77. The van der Waals surface area contributed by atoms with Gasteiger partial charge >= 0.3 is 0 Å². The van der Waals surface area contributed by atoms with Crippen LogP contribution < -0.4 is 0 Å². The Hall–Kier alpha value is -0.0800. The van der Waals surface area contributed by atoms with Crippen LogP contribution in [-0.2, 0) is 9.47 Å². The quantitative estimate of drug-likeness (QED) is 0.588. The van der Waals surface area contributed by atoms with Gasteiger partial charge in [-0.05, 0) is 12.3 Å². The smallest absolute Gasteiger partial charge is 0.0547 e. The molecule has 12 heavy (non-hydrogen) atoms. The van der Waals surface area contributed by atoms with Gasteiger partial charge in [-0.25, -0.2) is 0 Å². The van der Waals surface area contributed by atoms with Crippen molar-refractivity contribution in [3.8, 4) is 0 Å². The highest BCUT2D eigenvalue weighted by molar-refractivity contribution is 4.89. The van der Waals surface area contributed by atoms with Crippen molar-refractivity contribution in [2.45, 2.75) is 26.7 Å². The molecule has 0 spiro atoms. The Balaban J connectivity index is 3.48. The van der Waals surface area contributed by atoms with Crippen LogP contribution in [0.5, 0.6) is 0 Å². The maximum atomic E-state index is 5.07. The minimum atomic E-state index is 0.737. The molecule has 0 aromatic rings. The normalized spacial score (nSPS) is 11.5. The molecule has 0 aliphatic heterocycles. The summed E-state index contributed by atoms with van der Waals surface area (Å²) in [4.78, 5) is 0. The Morgan fingerprint density at radius 1 is 1.08 bits per heavy atom. The van der Waals surface area contributed by atoms with Gasteiger partial charge in [-0.15, -0.1) is 0 Å². The van der Waals surface area contributed by atoms with Gasteiger partial charge in [0.15, 0.2) is 0 Å². The lowest BCUT2D eigenvalue weighted by Crippen LogP contribution is -2.12. The standard InChI is InChI=1S/C10H21O2/c1-9(2)5-6-10(7-11-3)8-12-4/h9H,5-8H2,1-4H3. The zero-order valence-electron chi connectivity index (χ0n) is 8.72. The third kappa shape index (κ3) is 6.62. The van der Waals surface area contributed by atoms with Gasteiger partial charge < -0.3 is 9.47 Å². The summed E-state index contributed by atoms with van der Waals surface area (Å²) in [5.41, 5.74) is 0. The van der Waals surface area contributed by atoms with Gasteiger partial charge in [0.1, 0.15) is 0 Å². The summed E-state index contributed by atoms with van der Waals surface area (Å²) in [5.74, 6) is 2.11. The molecule has 1 radical (unpaired) electrons. The number of methoxy groups -OCH3 is 2. The maximum Gasteiger partial charge on any atom is 0.0547 e. The zero-order valence-corrected chi connectivity index (χ0v) is 8.72. The molecule has 0 aliphatic rings. The van der Waals surface area contributed by atoms with Gasteiger partial charge in [0, 0.05) is 20.1 Å². The average molecular weight is 173 g/mol. The molecule has 2 heteroatoms. The summed E-state index contributed by atoms with van der Waals surface area (Å²) in [7, 11) is 3.45.